The second kappa shape index (κ2) is 11.7. The van der Waals surface area contributed by atoms with Gasteiger partial charge in [-0.25, -0.2) is 4.79 Å². The molecule has 1 fully saturated rings. The molecule has 5 nitrogen and oxygen atoms in total. The maximum atomic E-state index is 13.7. The van der Waals surface area contributed by atoms with Crippen LogP contribution in [0.25, 0.3) is 17.2 Å². The van der Waals surface area contributed by atoms with Gasteiger partial charge in [0.05, 0.1) is 13.7 Å². The zero-order valence-corrected chi connectivity index (χ0v) is 20.9. The van der Waals surface area contributed by atoms with Crippen molar-refractivity contribution in [3.05, 3.63) is 89.5 Å². The molecule has 3 aromatic carbocycles. The van der Waals surface area contributed by atoms with E-state index in [1.807, 2.05) is 42.2 Å². The lowest BCUT2D eigenvalue weighted by molar-refractivity contribution is -0.131. The third kappa shape index (κ3) is 6.22. The van der Waals surface area contributed by atoms with Gasteiger partial charge in [-0.15, -0.1) is 0 Å². The predicted octanol–water partition coefficient (Wildman–Crippen LogP) is 6.88. The molecule has 0 heterocycles. The van der Waals surface area contributed by atoms with Crippen LogP contribution >= 0.6 is 0 Å². The molecular formula is C31H33NO4. The fourth-order valence-corrected chi connectivity index (χ4v) is 4.87. The Hall–Kier alpha value is -3.86. The Balaban J connectivity index is 1.60. The number of nitrogens with zero attached hydrogens (tertiary/aromatic N) is 1. The van der Waals surface area contributed by atoms with Crippen LogP contribution in [0.5, 0.6) is 5.75 Å². The number of amides is 1. The number of aliphatic carboxylic acids is 1. The van der Waals surface area contributed by atoms with Gasteiger partial charge < -0.3 is 14.7 Å². The van der Waals surface area contributed by atoms with Crippen LogP contribution in [0.4, 0.5) is 5.69 Å². The molecule has 0 bridgehead atoms. The fourth-order valence-electron chi connectivity index (χ4n) is 4.87. The summed E-state index contributed by atoms with van der Waals surface area (Å²) in [6.45, 7) is 2.49. The summed E-state index contributed by atoms with van der Waals surface area (Å²) in [6, 6.07) is 22.0. The van der Waals surface area contributed by atoms with Crippen molar-refractivity contribution >= 4 is 23.6 Å². The molecule has 0 spiro atoms. The van der Waals surface area contributed by atoms with Crippen molar-refractivity contribution in [2.75, 3.05) is 12.0 Å². The molecule has 0 aliphatic heterocycles. The van der Waals surface area contributed by atoms with Gasteiger partial charge in [-0.1, -0.05) is 61.7 Å². The highest BCUT2D eigenvalue weighted by Crippen LogP contribution is 2.30. The van der Waals surface area contributed by atoms with Crippen LogP contribution in [0.2, 0.25) is 0 Å². The maximum absolute atomic E-state index is 13.7. The number of methoxy groups -OCH3 is 1. The fraction of sp³-hybridized carbons (Fsp3) is 0.290. The summed E-state index contributed by atoms with van der Waals surface area (Å²) in [7, 11) is 1.68. The van der Waals surface area contributed by atoms with Crippen molar-refractivity contribution in [1.29, 1.82) is 0 Å². The summed E-state index contributed by atoms with van der Waals surface area (Å²) < 4.78 is 5.38. The molecule has 5 heteroatoms. The van der Waals surface area contributed by atoms with E-state index in [2.05, 4.69) is 36.4 Å². The first-order chi connectivity index (χ1) is 17.4. The number of rotatable bonds is 8. The van der Waals surface area contributed by atoms with Crippen molar-refractivity contribution in [3.63, 3.8) is 0 Å². The average Bonchev–Trinajstić information content (AvgIpc) is 2.91. The molecule has 1 N–H and O–H groups in total. The number of hydrogen-bond donors (Lipinski definition) is 1. The van der Waals surface area contributed by atoms with Crippen LogP contribution in [0.15, 0.2) is 72.8 Å². The first-order valence-corrected chi connectivity index (χ1v) is 12.5. The predicted molar refractivity (Wildman–Crippen MR) is 144 cm³/mol. The Morgan fingerprint density at radius 3 is 2.36 bits per heavy atom. The van der Waals surface area contributed by atoms with Gasteiger partial charge >= 0.3 is 5.97 Å². The van der Waals surface area contributed by atoms with E-state index in [-0.39, 0.29) is 11.8 Å². The molecule has 186 valence electrons. The first-order valence-electron chi connectivity index (χ1n) is 12.5. The summed E-state index contributed by atoms with van der Waals surface area (Å²) in [4.78, 5) is 26.5. The summed E-state index contributed by atoms with van der Waals surface area (Å²) in [5, 5.41) is 9.00. The second-order valence-electron chi connectivity index (χ2n) is 9.41. The van der Waals surface area contributed by atoms with E-state index in [0.29, 0.717) is 6.54 Å². The number of carboxylic acid groups (broad SMARTS) is 1. The Morgan fingerprint density at radius 1 is 0.972 bits per heavy atom. The van der Waals surface area contributed by atoms with Gasteiger partial charge in [0, 0.05) is 17.7 Å². The molecule has 1 aliphatic rings. The van der Waals surface area contributed by atoms with Crippen molar-refractivity contribution < 1.29 is 19.4 Å². The zero-order chi connectivity index (χ0) is 25.5. The number of benzene rings is 3. The molecule has 1 aliphatic carbocycles. The van der Waals surface area contributed by atoms with Crippen LogP contribution in [0.3, 0.4) is 0 Å². The molecule has 36 heavy (non-hydrogen) atoms. The van der Waals surface area contributed by atoms with Gasteiger partial charge in [-0.05, 0) is 77.9 Å². The molecule has 0 aromatic heterocycles. The van der Waals surface area contributed by atoms with Gasteiger partial charge in [0.2, 0.25) is 5.91 Å². The van der Waals surface area contributed by atoms with Crippen molar-refractivity contribution in [3.8, 4) is 16.9 Å². The van der Waals surface area contributed by atoms with E-state index in [9.17, 15) is 9.59 Å². The molecule has 0 unspecified atom stereocenters. The molecule has 3 aromatic rings. The minimum absolute atomic E-state index is 0.0264. The summed E-state index contributed by atoms with van der Waals surface area (Å²) in [6.07, 6.45) is 7.87. The standard InChI is InChI=1S/C31H33NO4/c1-22-19-27(16-17-29(22)36-2)25-14-11-24(12-15-25)21-32(31(35)26-8-4-3-5-9-26)28-10-6-7-23(20-28)13-18-30(33)34/h6-7,10-20,26H,3-5,8-9,21H2,1-2H3,(H,33,34). The number of ether oxygens (including phenoxy) is 1. The Kier molecular flexibility index (Phi) is 8.21. The lowest BCUT2D eigenvalue weighted by Crippen LogP contribution is -2.36. The molecule has 1 saturated carbocycles. The highest BCUT2D eigenvalue weighted by Gasteiger charge is 2.27. The number of aryl methyl sites for hydroxylation is 1. The number of hydrogen-bond acceptors (Lipinski definition) is 3. The van der Waals surface area contributed by atoms with Crippen molar-refractivity contribution in [2.45, 2.75) is 45.6 Å². The molecule has 1 amide bonds. The van der Waals surface area contributed by atoms with E-state index in [0.717, 1.165) is 71.0 Å². The lowest BCUT2D eigenvalue weighted by atomic mass is 9.88. The number of carboxylic acids is 1. The van der Waals surface area contributed by atoms with Gasteiger partial charge in [0.25, 0.3) is 0 Å². The highest BCUT2D eigenvalue weighted by atomic mass is 16.5. The van der Waals surface area contributed by atoms with E-state index in [1.165, 1.54) is 6.42 Å². The zero-order valence-electron chi connectivity index (χ0n) is 20.9. The topological polar surface area (TPSA) is 66.8 Å². The molecule has 0 atom stereocenters. The van der Waals surface area contributed by atoms with Crippen molar-refractivity contribution in [1.82, 2.24) is 0 Å². The summed E-state index contributed by atoms with van der Waals surface area (Å²) in [5.74, 6) is 0.0396. The van der Waals surface area contributed by atoms with E-state index in [1.54, 1.807) is 13.2 Å². The van der Waals surface area contributed by atoms with Crippen LogP contribution in [0.1, 0.15) is 48.8 Å². The number of carbonyl (C=O) groups excluding carboxylic acids is 1. The van der Waals surface area contributed by atoms with Gasteiger partial charge in [0.1, 0.15) is 5.75 Å². The number of carbonyl (C=O) groups is 2. The van der Waals surface area contributed by atoms with Gasteiger partial charge in [-0.3, -0.25) is 4.79 Å². The van der Waals surface area contributed by atoms with E-state index in [4.69, 9.17) is 9.84 Å². The summed E-state index contributed by atoms with van der Waals surface area (Å²) in [5.41, 5.74) is 5.89. The van der Waals surface area contributed by atoms with E-state index < -0.39 is 5.97 Å². The monoisotopic (exact) mass is 483 g/mol. The minimum atomic E-state index is -0.998. The normalized spacial score (nSPS) is 14.1. The van der Waals surface area contributed by atoms with Crippen LogP contribution in [-0.2, 0) is 16.1 Å². The largest absolute Gasteiger partial charge is 0.496 e. The summed E-state index contributed by atoms with van der Waals surface area (Å²) >= 11 is 0. The molecule has 4 rings (SSSR count). The highest BCUT2D eigenvalue weighted by molar-refractivity contribution is 5.95. The maximum Gasteiger partial charge on any atom is 0.328 e. The second-order valence-corrected chi connectivity index (χ2v) is 9.41. The molecule has 0 radical (unpaired) electrons. The minimum Gasteiger partial charge on any atom is -0.496 e. The molecular weight excluding hydrogens is 450 g/mol. The lowest BCUT2D eigenvalue weighted by Gasteiger charge is -2.30. The Morgan fingerprint density at radius 2 is 1.69 bits per heavy atom. The average molecular weight is 484 g/mol. The van der Waals surface area contributed by atoms with Gasteiger partial charge in [0.15, 0.2) is 0 Å². The molecule has 0 saturated heterocycles. The van der Waals surface area contributed by atoms with Crippen LogP contribution < -0.4 is 9.64 Å². The van der Waals surface area contributed by atoms with Gasteiger partial charge in [-0.2, -0.15) is 0 Å². The smallest absolute Gasteiger partial charge is 0.328 e. The number of anilines is 1. The Labute approximate surface area is 213 Å². The van der Waals surface area contributed by atoms with Crippen LogP contribution in [0, 0.1) is 12.8 Å². The quantitative estimate of drug-likeness (QED) is 0.355. The Bertz CT molecular complexity index is 1240. The SMILES string of the molecule is COc1ccc(-c2ccc(CN(C(=O)C3CCCCC3)c3cccc(C=CC(=O)O)c3)cc2)cc1C. The third-order valence-corrected chi connectivity index (χ3v) is 6.84. The van der Waals surface area contributed by atoms with Crippen LogP contribution in [-0.4, -0.2) is 24.1 Å². The third-order valence-electron chi connectivity index (χ3n) is 6.84. The van der Waals surface area contributed by atoms with E-state index >= 15 is 0 Å². The van der Waals surface area contributed by atoms with Crippen molar-refractivity contribution in [2.24, 2.45) is 5.92 Å². The first kappa shape index (κ1) is 25.2.